The van der Waals surface area contributed by atoms with Crippen LogP contribution in [0.3, 0.4) is 0 Å². The van der Waals surface area contributed by atoms with Crippen molar-refractivity contribution in [2.24, 2.45) is 0 Å². The van der Waals surface area contributed by atoms with Gasteiger partial charge in [0.25, 0.3) is 11.6 Å². The molecule has 128 valence electrons. The highest BCUT2D eigenvalue weighted by Gasteiger charge is 2.13. The van der Waals surface area contributed by atoms with E-state index in [0.717, 1.165) is 5.01 Å². The van der Waals surface area contributed by atoms with E-state index >= 15 is 0 Å². The number of nitro benzene ring substituents is 1. The average molecular weight is 360 g/mol. The summed E-state index contributed by atoms with van der Waals surface area (Å²) in [6.07, 6.45) is 0.0771. The Kier molecular flexibility index (Phi) is 4.80. The first kappa shape index (κ1) is 16.7. The molecule has 10 heteroatoms. The number of carbonyl (C=O) groups is 1. The van der Waals surface area contributed by atoms with E-state index in [2.05, 4.69) is 15.1 Å². The van der Waals surface area contributed by atoms with Gasteiger partial charge in [-0.05, 0) is 19.1 Å². The minimum atomic E-state index is -0.491. The first-order chi connectivity index (χ1) is 12.0. The molecule has 0 fully saturated rings. The number of rotatable bonds is 6. The number of nitrogens with zero attached hydrogens (tertiary/aromatic N) is 4. The summed E-state index contributed by atoms with van der Waals surface area (Å²) >= 11 is 1.46. The molecule has 0 saturated carbocycles. The van der Waals surface area contributed by atoms with Crippen molar-refractivity contribution < 1.29 is 19.0 Å². The first-order valence-electron chi connectivity index (χ1n) is 7.15. The van der Waals surface area contributed by atoms with Crippen molar-refractivity contribution in [1.82, 2.24) is 15.1 Å². The maximum atomic E-state index is 11.8. The number of benzene rings is 1. The molecule has 3 aromatic rings. The Bertz CT molecular complexity index is 903. The number of nitro groups is 1. The van der Waals surface area contributed by atoms with Crippen molar-refractivity contribution in [3.05, 3.63) is 56.4 Å². The summed E-state index contributed by atoms with van der Waals surface area (Å²) in [7, 11) is 0. The van der Waals surface area contributed by atoms with E-state index in [1.165, 1.54) is 35.6 Å². The van der Waals surface area contributed by atoms with Crippen molar-refractivity contribution in [2.75, 3.05) is 0 Å². The predicted molar refractivity (Wildman–Crippen MR) is 86.7 cm³/mol. The van der Waals surface area contributed by atoms with Crippen molar-refractivity contribution in [3.8, 4) is 11.4 Å². The Morgan fingerprint density at radius 3 is 2.72 bits per heavy atom. The Hall–Kier alpha value is -3.14. The molecule has 0 aliphatic rings. The second-order valence-corrected chi connectivity index (χ2v) is 6.07. The third-order valence-electron chi connectivity index (χ3n) is 3.15. The fraction of sp³-hybridized carbons (Fsp3) is 0.200. The SMILES string of the molecule is Cc1nc(CC(=O)OCc2nc(-c3ccc([N+](=O)[O-])cc3)no2)cs1. The number of thiazole rings is 1. The van der Waals surface area contributed by atoms with Gasteiger partial charge in [0.1, 0.15) is 0 Å². The van der Waals surface area contributed by atoms with Crippen molar-refractivity contribution in [2.45, 2.75) is 20.0 Å². The van der Waals surface area contributed by atoms with Crippen LogP contribution >= 0.6 is 11.3 Å². The van der Waals surface area contributed by atoms with Gasteiger partial charge < -0.3 is 9.26 Å². The quantitative estimate of drug-likeness (QED) is 0.374. The van der Waals surface area contributed by atoms with Crippen molar-refractivity contribution in [3.63, 3.8) is 0 Å². The molecule has 0 atom stereocenters. The van der Waals surface area contributed by atoms with Crippen LogP contribution in [0, 0.1) is 17.0 Å². The topological polar surface area (TPSA) is 121 Å². The van der Waals surface area contributed by atoms with Crippen LogP contribution in [0.5, 0.6) is 0 Å². The lowest BCUT2D eigenvalue weighted by Crippen LogP contribution is -2.08. The van der Waals surface area contributed by atoms with E-state index in [0.29, 0.717) is 11.3 Å². The zero-order chi connectivity index (χ0) is 17.8. The molecule has 0 aliphatic heterocycles. The largest absolute Gasteiger partial charge is 0.455 e. The smallest absolute Gasteiger partial charge is 0.312 e. The Balaban J connectivity index is 1.58. The summed E-state index contributed by atoms with van der Waals surface area (Å²) in [5.41, 5.74) is 1.19. The van der Waals surface area contributed by atoms with Crippen LogP contribution in [-0.4, -0.2) is 26.0 Å². The minimum Gasteiger partial charge on any atom is -0.455 e. The molecule has 3 rings (SSSR count). The molecule has 2 aromatic heterocycles. The molecular weight excluding hydrogens is 348 g/mol. The van der Waals surface area contributed by atoms with Crippen LogP contribution in [0.2, 0.25) is 0 Å². The van der Waals surface area contributed by atoms with Crippen molar-refractivity contribution >= 4 is 23.0 Å². The van der Waals surface area contributed by atoms with Gasteiger partial charge in [-0.15, -0.1) is 11.3 Å². The van der Waals surface area contributed by atoms with Gasteiger partial charge >= 0.3 is 5.97 Å². The lowest BCUT2D eigenvalue weighted by molar-refractivity contribution is -0.384. The number of hydrogen-bond donors (Lipinski definition) is 0. The zero-order valence-corrected chi connectivity index (χ0v) is 13.9. The van der Waals surface area contributed by atoms with E-state index in [9.17, 15) is 14.9 Å². The maximum Gasteiger partial charge on any atom is 0.312 e. The Labute approximate surface area is 145 Å². The molecule has 1 aromatic carbocycles. The molecule has 2 heterocycles. The molecule has 0 unspecified atom stereocenters. The zero-order valence-electron chi connectivity index (χ0n) is 13.0. The van der Waals surface area contributed by atoms with E-state index < -0.39 is 10.9 Å². The fourth-order valence-electron chi connectivity index (χ4n) is 1.99. The normalized spacial score (nSPS) is 10.6. The third-order valence-corrected chi connectivity index (χ3v) is 3.98. The number of carbonyl (C=O) groups excluding carboxylic acids is 1. The standard InChI is InChI=1S/C15H12N4O5S/c1-9-16-11(8-25-9)6-14(20)23-7-13-17-15(18-24-13)10-2-4-12(5-3-10)19(21)22/h2-5,8H,6-7H2,1H3. The van der Waals surface area contributed by atoms with Gasteiger partial charge in [0.2, 0.25) is 5.82 Å². The lowest BCUT2D eigenvalue weighted by Gasteiger charge is -1.99. The highest BCUT2D eigenvalue weighted by Crippen LogP contribution is 2.20. The minimum absolute atomic E-state index is 0.0290. The van der Waals surface area contributed by atoms with Crippen LogP contribution in [-0.2, 0) is 22.6 Å². The van der Waals surface area contributed by atoms with Gasteiger partial charge in [-0.2, -0.15) is 4.98 Å². The van der Waals surface area contributed by atoms with Crippen LogP contribution in [0.25, 0.3) is 11.4 Å². The van der Waals surface area contributed by atoms with Gasteiger partial charge in [-0.1, -0.05) is 5.16 Å². The van der Waals surface area contributed by atoms with Gasteiger partial charge in [-0.25, -0.2) is 4.98 Å². The number of aryl methyl sites for hydroxylation is 1. The van der Waals surface area contributed by atoms with Gasteiger partial charge in [0, 0.05) is 23.1 Å². The number of hydrogen-bond acceptors (Lipinski definition) is 9. The molecular formula is C15H12N4O5S. The fourth-order valence-corrected chi connectivity index (χ4v) is 2.61. The van der Waals surface area contributed by atoms with Crippen molar-refractivity contribution in [1.29, 1.82) is 0 Å². The third kappa shape index (κ3) is 4.23. The summed E-state index contributed by atoms with van der Waals surface area (Å²) in [5.74, 6) is -0.0485. The molecule has 25 heavy (non-hydrogen) atoms. The molecule has 0 radical (unpaired) electrons. The van der Waals surface area contributed by atoms with Crippen LogP contribution < -0.4 is 0 Å². The summed E-state index contributed by atoms with van der Waals surface area (Å²) in [4.78, 5) is 30.2. The van der Waals surface area contributed by atoms with Gasteiger partial charge in [0.05, 0.1) is 22.0 Å². The van der Waals surface area contributed by atoms with E-state index in [-0.39, 0.29) is 30.4 Å². The van der Waals surface area contributed by atoms with Gasteiger partial charge in [0.15, 0.2) is 6.61 Å². The summed E-state index contributed by atoms with van der Waals surface area (Å²) in [6, 6.07) is 5.73. The highest BCUT2D eigenvalue weighted by atomic mass is 32.1. The molecule has 0 N–H and O–H groups in total. The van der Waals surface area contributed by atoms with Crippen LogP contribution in [0.15, 0.2) is 34.2 Å². The molecule has 0 saturated heterocycles. The molecule has 0 amide bonds. The molecule has 0 bridgehead atoms. The Morgan fingerprint density at radius 1 is 1.32 bits per heavy atom. The predicted octanol–water partition coefficient (Wildman–Crippen LogP) is 2.70. The molecule has 0 aliphatic carbocycles. The second kappa shape index (κ2) is 7.18. The molecule has 0 spiro atoms. The maximum absolute atomic E-state index is 11.8. The summed E-state index contributed by atoms with van der Waals surface area (Å²) in [5, 5.41) is 17.1. The highest BCUT2D eigenvalue weighted by molar-refractivity contribution is 7.09. The van der Waals surface area contributed by atoms with E-state index in [1.54, 1.807) is 5.38 Å². The first-order valence-corrected chi connectivity index (χ1v) is 8.03. The number of non-ortho nitro benzene ring substituents is 1. The van der Waals surface area contributed by atoms with E-state index in [1.807, 2.05) is 6.92 Å². The monoisotopic (exact) mass is 360 g/mol. The average Bonchev–Trinajstić information content (AvgIpc) is 3.22. The molecule has 9 nitrogen and oxygen atoms in total. The number of aromatic nitrogens is 3. The number of esters is 1. The van der Waals surface area contributed by atoms with Gasteiger partial charge in [-0.3, -0.25) is 14.9 Å². The summed E-state index contributed by atoms with van der Waals surface area (Å²) < 4.78 is 10.1. The van der Waals surface area contributed by atoms with E-state index in [4.69, 9.17) is 9.26 Å². The number of ether oxygens (including phenoxy) is 1. The second-order valence-electron chi connectivity index (χ2n) is 5.01. The lowest BCUT2D eigenvalue weighted by atomic mass is 10.2. The summed E-state index contributed by atoms with van der Waals surface area (Å²) in [6.45, 7) is 1.71. The Morgan fingerprint density at radius 2 is 2.08 bits per heavy atom. The van der Waals surface area contributed by atoms with Crippen LogP contribution in [0.1, 0.15) is 16.6 Å². The van der Waals surface area contributed by atoms with Crippen LogP contribution in [0.4, 0.5) is 5.69 Å².